The molecule has 0 saturated carbocycles. The van der Waals surface area contributed by atoms with Crippen LogP contribution in [0.25, 0.3) is 6.08 Å². The molecular weight excluding hydrogens is 288 g/mol. The molecule has 0 spiro atoms. The Morgan fingerprint density at radius 2 is 2.14 bits per heavy atom. The number of nitro groups is 1. The minimum absolute atomic E-state index is 0.352. The lowest BCUT2D eigenvalue weighted by atomic mass is 10.2. The number of hydrogen-bond donors (Lipinski definition) is 2. The molecule has 1 amide bonds. The fourth-order valence-corrected chi connectivity index (χ4v) is 1.44. The molecule has 1 aromatic heterocycles. The summed E-state index contributed by atoms with van der Waals surface area (Å²) in [5, 5.41) is 19.7. The van der Waals surface area contributed by atoms with E-state index in [-0.39, 0.29) is 5.82 Å². The summed E-state index contributed by atoms with van der Waals surface area (Å²) in [4.78, 5) is 24.7. The largest absolute Gasteiger partial charge is 0.454 e. The summed E-state index contributed by atoms with van der Waals surface area (Å²) in [6.45, 7) is 1.69. The average molecular weight is 300 g/mol. The maximum absolute atomic E-state index is 11.6. The highest BCUT2D eigenvalue weighted by Crippen LogP contribution is 2.02. The fourth-order valence-electron chi connectivity index (χ4n) is 1.44. The SMILES string of the molecule is CC(C=Cc1ccccc1)=NNC(=O)c1n[nH]c([N+](=O)[O-])n1. The van der Waals surface area contributed by atoms with Gasteiger partial charge in [-0.25, -0.2) is 5.43 Å². The first kappa shape index (κ1) is 15.0. The van der Waals surface area contributed by atoms with E-state index in [1.54, 1.807) is 13.0 Å². The number of amides is 1. The van der Waals surface area contributed by atoms with E-state index in [1.807, 2.05) is 41.5 Å². The lowest BCUT2D eigenvalue weighted by Crippen LogP contribution is -2.20. The molecule has 1 heterocycles. The lowest BCUT2D eigenvalue weighted by molar-refractivity contribution is -0.394. The summed E-state index contributed by atoms with van der Waals surface area (Å²) in [7, 11) is 0. The molecule has 1 aromatic carbocycles. The number of benzene rings is 1. The first-order chi connectivity index (χ1) is 10.6. The second kappa shape index (κ2) is 6.88. The molecule has 9 nitrogen and oxygen atoms in total. The van der Waals surface area contributed by atoms with Gasteiger partial charge in [0, 0.05) is 0 Å². The Morgan fingerprint density at radius 1 is 1.41 bits per heavy atom. The smallest absolute Gasteiger partial charge is 0.390 e. The van der Waals surface area contributed by atoms with E-state index in [0.29, 0.717) is 5.71 Å². The second-order valence-corrected chi connectivity index (χ2v) is 4.18. The van der Waals surface area contributed by atoms with E-state index >= 15 is 0 Å². The molecule has 0 atom stereocenters. The highest BCUT2D eigenvalue weighted by molar-refractivity contribution is 5.98. The van der Waals surface area contributed by atoms with Crippen LogP contribution in [0.3, 0.4) is 0 Å². The van der Waals surface area contributed by atoms with Crippen LogP contribution in [0.15, 0.2) is 41.5 Å². The maximum atomic E-state index is 11.6. The van der Waals surface area contributed by atoms with Gasteiger partial charge in [0.15, 0.2) is 0 Å². The summed E-state index contributed by atoms with van der Waals surface area (Å²) in [5.41, 5.74) is 3.75. The molecule has 9 heteroatoms. The van der Waals surface area contributed by atoms with Crippen molar-refractivity contribution in [1.82, 2.24) is 20.6 Å². The molecule has 22 heavy (non-hydrogen) atoms. The average Bonchev–Trinajstić information content (AvgIpc) is 3.02. The van der Waals surface area contributed by atoms with Crippen LogP contribution in [0.4, 0.5) is 5.95 Å². The van der Waals surface area contributed by atoms with Crippen molar-refractivity contribution in [3.8, 4) is 0 Å². The zero-order chi connectivity index (χ0) is 15.9. The van der Waals surface area contributed by atoms with E-state index in [2.05, 4.69) is 20.6 Å². The molecule has 2 aromatic rings. The topological polar surface area (TPSA) is 126 Å². The van der Waals surface area contributed by atoms with Gasteiger partial charge in [-0.15, -0.1) is 5.10 Å². The van der Waals surface area contributed by atoms with Crippen LogP contribution in [-0.2, 0) is 0 Å². The third-order valence-corrected chi connectivity index (χ3v) is 2.50. The van der Waals surface area contributed by atoms with Gasteiger partial charge in [-0.2, -0.15) is 5.10 Å². The molecule has 2 N–H and O–H groups in total. The number of carbonyl (C=O) groups excluding carboxylic acids is 1. The van der Waals surface area contributed by atoms with Gasteiger partial charge < -0.3 is 10.1 Å². The van der Waals surface area contributed by atoms with Crippen LogP contribution >= 0.6 is 0 Å². The Labute approximate surface area is 124 Å². The Hall–Kier alpha value is -3.36. The molecule has 0 aliphatic rings. The molecule has 0 saturated heterocycles. The quantitative estimate of drug-likeness (QED) is 0.492. The number of aromatic nitrogens is 3. The fraction of sp³-hybridized carbons (Fsp3) is 0.0769. The second-order valence-electron chi connectivity index (χ2n) is 4.18. The van der Waals surface area contributed by atoms with Crippen molar-refractivity contribution in [1.29, 1.82) is 0 Å². The van der Waals surface area contributed by atoms with Gasteiger partial charge >= 0.3 is 17.7 Å². The number of carbonyl (C=O) groups is 1. The Kier molecular flexibility index (Phi) is 4.70. The Bertz CT molecular complexity index is 735. The molecule has 112 valence electrons. The number of aromatic amines is 1. The summed E-state index contributed by atoms with van der Waals surface area (Å²) < 4.78 is 0. The van der Waals surface area contributed by atoms with Crippen molar-refractivity contribution >= 4 is 23.6 Å². The van der Waals surface area contributed by atoms with Crippen molar-refractivity contribution in [2.75, 3.05) is 0 Å². The number of nitrogens with zero attached hydrogens (tertiary/aromatic N) is 4. The predicted octanol–water partition coefficient (Wildman–Crippen LogP) is 1.53. The minimum atomic E-state index is -0.777. The van der Waals surface area contributed by atoms with Crippen molar-refractivity contribution in [2.24, 2.45) is 5.10 Å². The van der Waals surface area contributed by atoms with Gasteiger partial charge in [-0.1, -0.05) is 41.5 Å². The van der Waals surface area contributed by atoms with E-state index < -0.39 is 16.8 Å². The van der Waals surface area contributed by atoms with E-state index in [1.165, 1.54) is 0 Å². The molecule has 0 aliphatic carbocycles. The van der Waals surface area contributed by atoms with Gasteiger partial charge in [-0.05, 0) is 28.5 Å². The summed E-state index contributed by atoms with van der Waals surface area (Å²) in [6, 6.07) is 9.58. The zero-order valence-corrected chi connectivity index (χ0v) is 11.6. The monoisotopic (exact) mass is 300 g/mol. The maximum Gasteiger partial charge on any atom is 0.454 e. The molecule has 0 radical (unpaired) electrons. The number of hydrazone groups is 1. The number of hydrogen-bond acceptors (Lipinski definition) is 6. The van der Waals surface area contributed by atoms with E-state index in [9.17, 15) is 14.9 Å². The van der Waals surface area contributed by atoms with Gasteiger partial charge in [0.1, 0.15) is 0 Å². The molecular formula is C13H12N6O3. The summed E-state index contributed by atoms with van der Waals surface area (Å²) >= 11 is 0. The van der Waals surface area contributed by atoms with Crippen molar-refractivity contribution in [2.45, 2.75) is 6.92 Å². The van der Waals surface area contributed by atoms with E-state index in [0.717, 1.165) is 5.56 Å². The number of nitrogens with one attached hydrogen (secondary N) is 2. The minimum Gasteiger partial charge on any atom is -0.390 e. The van der Waals surface area contributed by atoms with Crippen LogP contribution in [-0.4, -0.2) is 31.7 Å². The van der Waals surface area contributed by atoms with Crippen LogP contribution in [0.5, 0.6) is 0 Å². The van der Waals surface area contributed by atoms with Gasteiger partial charge in [0.2, 0.25) is 0 Å². The first-order valence-corrected chi connectivity index (χ1v) is 6.21. The lowest BCUT2D eigenvalue weighted by Gasteiger charge is -1.95. The zero-order valence-electron chi connectivity index (χ0n) is 11.6. The molecule has 0 bridgehead atoms. The third-order valence-electron chi connectivity index (χ3n) is 2.50. The van der Waals surface area contributed by atoms with Crippen LogP contribution in [0.1, 0.15) is 23.1 Å². The van der Waals surface area contributed by atoms with E-state index in [4.69, 9.17) is 0 Å². The van der Waals surface area contributed by atoms with Crippen molar-refractivity contribution in [3.05, 3.63) is 57.9 Å². The Morgan fingerprint density at radius 3 is 2.77 bits per heavy atom. The van der Waals surface area contributed by atoms with Crippen molar-refractivity contribution in [3.63, 3.8) is 0 Å². The van der Waals surface area contributed by atoms with Crippen molar-refractivity contribution < 1.29 is 9.72 Å². The molecule has 2 rings (SSSR count). The number of allylic oxidation sites excluding steroid dienone is 1. The highest BCUT2D eigenvalue weighted by Gasteiger charge is 2.20. The molecule has 0 fully saturated rings. The highest BCUT2D eigenvalue weighted by atomic mass is 16.6. The van der Waals surface area contributed by atoms with Crippen LogP contribution in [0, 0.1) is 10.1 Å². The first-order valence-electron chi connectivity index (χ1n) is 6.21. The summed E-state index contributed by atoms with van der Waals surface area (Å²) in [6.07, 6.45) is 3.55. The molecule has 0 aliphatic heterocycles. The third kappa shape index (κ3) is 4.07. The van der Waals surface area contributed by atoms with Gasteiger partial charge in [0.25, 0.3) is 0 Å². The Balaban J connectivity index is 1.96. The molecule has 0 unspecified atom stereocenters. The van der Waals surface area contributed by atoms with Crippen LogP contribution in [0.2, 0.25) is 0 Å². The summed E-state index contributed by atoms with van der Waals surface area (Å²) in [5.74, 6) is -1.69. The van der Waals surface area contributed by atoms with Gasteiger partial charge in [-0.3, -0.25) is 4.79 Å². The standard InChI is InChI=1S/C13H12N6O3/c1-9(7-8-10-5-3-2-4-6-10)15-17-12(20)11-14-13(18-16-11)19(21)22/h2-8H,1H3,(H,17,20)(H,14,16,18). The number of H-pyrrole nitrogens is 1. The van der Waals surface area contributed by atoms with Gasteiger partial charge in [0.05, 0.1) is 5.71 Å². The van der Waals surface area contributed by atoms with Crippen LogP contribution < -0.4 is 5.43 Å². The predicted molar refractivity (Wildman–Crippen MR) is 79.1 cm³/mol. The number of rotatable bonds is 5. The normalized spacial score (nSPS) is 11.6.